The van der Waals surface area contributed by atoms with Gasteiger partial charge in [-0.2, -0.15) is 4.31 Å². The number of halogens is 1. The summed E-state index contributed by atoms with van der Waals surface area (Å²) in [6.45, 7) is 3.07. The topological polar surface area (TPSA) is 85.9 Å². The van der Waals surface area contributed by atoms with E-state index in [2.05, 4.69) is 9.88 Å². The first-order valence-corrected chi connectivity index (χ1v) is 12.7. The average molecular weight is 474 g/mol. The molecule has 1 fully saturated rings. The molecule has 2 aliphatic heterocycles. The number of methoxy groups -OCH3 is 1. The normalized spacial score (nSPS) is 20.7. The van der Waals surface area contributed by atoms with Gasteiger partial charge in [0.1, 0.15) is 11.6 Å². The zero-order valence-electron chi connectivity index (χ0n) is 18.7. The molecule has 2 aliphatic rings. The molecule has 0 saturated carbocycles. The van der Waals surface area contributed by atoms with Crippen LogP contribution in [0.3, 0.4) is 0 Å². The lowest BCUT2D eigenvalue weighted by atomic mass is 9.70. The summed E-state index contributed by atoms with van der Waals surface area (Å²) in [5, 5.41) is 11.4. The lowest BCUT2D eigenvalue weighted by Gasteiger charge is -2.55. The van der Waals surface area contributed by atoms with Crippen LogP contribution < -0.4 is 4.74 Å². The third-order valence-corrected chi connectivity index (χ3v) is 8.84. The predicted molar refractivity (Wildman–Crippen MR) is 124 cm³/mol. The standard InChI is InChI=1S/C24H28FN3O4S/c1-3-33(30,31)28-14-24(15-28)13-27(11-16-6-4-5-7-19(16)25)21(12-29)23-22(24)18-9-8-17(32-2)10-20(18)26-23/h4-10,21,26,29H,3,11-15H2,1-2H3/t21-/m0/s1. The lowest BCUT2D eigenvalue weighted by Crippen LogP contribution is -2.67. The van der Waals surface area contributed by atoms with E-state index in [1.807, 2.05) is 18.2 Å². The molecule has 5 rings (SSSR count). The summed E-state index contributed by atoms with van der Waals surface area (Å²) in [6, 6.07) is 12.1. The number of hydrogen-bond donors (Lipinski definition) is 2. The van der Waals surface area contributed by atoms with E-state index in [0.717, 1.165) is 22.2 Å². The number of nitrogens with one attached hydrogen (secondary N) is 1. The number of nitrogens with zero attached hydrogens (tertiary/aromatic N) is 2. The minimum atomic E-state index is -3.31. The molecule has 0 unspecified atom stereocenters. The first-order valence-electron chi connectivity index (χ1n) is 11.1. The van der Waals surface area contributed by atoms with Gasteiger partial charge in [-0.3, -0.25) is 4.90 Å². The fourth-order valence-corrected chi connectivity index (χ4v) is 6.64. The predicted octanol–water partition coefficient (Wildman–Crippen LogP) is 2.77. The van der Waals surface area contributed by atoms with Crippen molar-refractivity contribution in [1.82, 2.24) is 14.2 Å². The number of fused-ring (bicyclic) bond motifs is 4. The summed E-state index contributed by atoms with van der Waals surface area (Å²) in [5.74, 6) is 0.473. The highest BCUT2D eigenvalue weighted by Crippen LogP contribution is 2.49. The van der Waals surface area contributed by atoms with Crippen molar-refractivity contribution in [2.75, 3.05) is 39.1 Å². The molecular formula is C24H28FN3O4S. The fourth-order valence-electron chi connectivity index (χ4n) is 5.39. The van der Waals surface area contributed by atoms with Gasteiger partial charge in [0.2, 0.25) is 10.0 Å². The number of aliphatic hydroxyl groups is 1. The molecule has 176 valence electrons. The Balaban J connectivity index is 1.62. The van der Waals surface area contributed by atoms with Crippen LogP contribution >= 0.6 is 0 Å². The minimum Gasteiger partial charge on any atom is -0.497 e. The molecule has 0 bridgehead atoms. The molecule has 2 aromatic carbocycles. The number of hydrogen-bond acceptors (Lipinski definition) is 5. The Bertz CT molecular complexity index is 1300. The SMILES string of the molecule is CCS(=O)(=O)N1CC2(CN(Cc3ccccc3F)[C@@H](CO)c3[nH]c4cc(OC)ccc4c32)C1. The number of aromatic nitrogens is 1. The maximum atomic E-state index is 14.5. The minimum absolute atomic E-state index is 0.0548. The van der Waals surface area contributed by atoms with Gasteiger partial charge in [0, 0.05) is 59.8 Å². The summed E-state index contributed by atoms with van der Waals surface area (Å²) in [6.07, 6.45) is 0. The van der Waals surface area contributed by atoms with E-state index >= 15 is 0 Å². The number of benzene rings is 2. The second-order valence-corrected chi connectivity index (χ2v) is 11.2. The van der Waals surface area contributed by atoms with E-state index < -0.39 is 15.4 Å². The van der Waals surface area contributed by atoms with E-state index in [-0.39, 0.29) is 24.2 Å². The van der Waals surface area contributed by atoms with Crippen LogP contribution in [0.5, 0.6) is 5.75 Å². The van der Waals surface area contributed by atoms with Crippen LogP contribution in [0.2, 0.25) is 0 Å². The smallest absolute Gasteiger partial charge is 0.213 e. The van der Waals surface area contributed by atoms with Gasteiger partial charge in [0.25, 0.3) is 0 Å². The number of sulfonamides is 1. The van der Waals surface area contributed by atoms with Crippen molar-refractivity contribution in [3.05, 3.63) is 65.1 Å². The molecule has 1 spiro atoms. The zero-order valence-corrected chi connectivity index (χ0v) is 19.5. The quantitative estimate of drug-likeness (QED) is 0.575. The van der Waals surface area contributed by atoms with E-state index in [9.17, 15) is 17.9 Å². The van der Waals surface area contributed by atoms with Crippen molar-refractivity contribution in [2.45, 2.75) is 24.9 Å². The Morgan fingerprint density at radius 3 is 2.64 bits per heavy atom. The van der Waals surface area contributed by atoms with Gasteiger partial charge in [-0.25, -0.2) is 12.8 Å². The Morgan fingerprint density at radius 1 is 1.21 bits per heavy atom. The number of aliphatic hydroxyl groups excluding tert-OH is 1. The Morgan fingerprint density at radius 2 is 1.97 bits per heavy atom. The van der Waals surface area contributed by atoms with Crippen molar-refractivity contribution in [1.29, 1.82) is 0 Å². The first-order chi connectivity index (χ1) is 15.8. The maximum Gasteiger partial charge on any atom is 0.213 e. The van der Waals surface area contributed by atoms with Gasteiger partial charge in [0.15, 0.2) is 0 Å². The third kappa shape index (κ3) is 3.54. The van der Waals surface area contributed by atoms with Crippen LogP contribution in [0.25, 0.3) is 10.9 Å². The second kappa shape index (κ2) is 8.09. The van der Waals surface area contributed by atoms with Gasteiger partial charge in [0.05, 0.1) is 25.5 Å². The number of ether oxygens (including phenoxy) is 1. The maximum absolute atomic E-state index is 14.5. The Kier molecular flexibility index (Phi) is 5.48. The summed E-state index contributed by atoms with van der Waals surface area (Å²) >= 11 is 0. The Labute approximate surface area is 192 Å². The molecule has 1 saturated heterocycles. The molecule has 3 heterocycles. The van der Waals surface area contributed by atoms with Crippen LogP contribution in [-0.2, 0) is 22.0 Å². The first kappa shape index (κ1) is 22.3. The molecule has 9 heteroatoms. The highest BCUT2D eigenvalue weighted by atomic mass is 32.2. The van der Waals surface area contributed by atoms with Crippen LogP contribution in [0.4, 0.5) is 4.39 Å². The van der Waals surface area contributed by atoms with Crippen molar-refractivity contribution in [3.8, 4) is 5.75 Å². The van der Waals surface area contributed by atoms with E-state index in [4.69, 9.17) is 4.74 Å². The largest absolute Gasteiger partial charge is 0.497 e. The van der Waals surface area contributed by atoms with E-state index in [0.29, 0.717) is 37.5 Å². The summed E-state index contributed by atoms with van der Waals surface area (Å²) in [5.41, 5.74) is 2.89. The second-order valence-electron chi connectivity index (χ2n) is 8.97. The summed E-state index contributed by atoms with van der Waals surface area (Å²) < 4.78 is 46.5. The lowest BCUT2D eigenvalue weighted by molar-refractivity contribution is 0.0252. The number of rotatable bonds is 6. The summed E-state index contributed by atoms with van der Waals surface area (Å²) in [7, 11) is -1.70. The molecule has 1 atom stereocenters. The van der Waals surface area contributed by atoms with Crippen LogP contribution in [-0.4, -0.2) is 66.8 Å². The van der Waals surface area contributed by atoms with Crippen molar-refractivity contribution in [2.24, 2.45) is 0 Å². The molecule has 2 N–H and O–H groups in total. The molecule has 3 aromatic rings. The van der Waals surface area contributed by atoms with Crippen LogP contribution in [0.1, 0.15) is 29.8 Å². The van der Waals surface area contributed by atoms with Crippen molar-refractivity contribution < 1.29 is 22.7 Å². The number of aromatic amines is 1. The highest BCUT2D eigenvalue weighted by molar-refractivity contribution is 7.89. The van der Waals surface area contributed by atoms with E-state index in [1.165, 1.54) is 10.4 Å². The van der Waals surface area contributed by atoms with Gasteiger partial charge in [-0.05, 0) is 30.7 Å². The third-order valence-electron chi connectivity index (χ3n) is 7.07. The molecule has 0 amide bonds. The molecule has 33 heavy (non-hydrogen) atoms. The van der Waals surface area contributed by atoms with Gasteiger partial charge in [-0.1, -0.05) is 18.2 Å². The van der Waals surface area contributed by atoms with Crippen molar-refractivity contribution in [3.63, 3.8) is 0 Å². The number of H-pyrrole nitrogens is 1. The Hall–Kier alpha value is -2.46. The monoisotopic (exact) mass is 473 g/mol. The molecular weight excluding hydrogens is 445 g/mol. The van der Waals surface area contributed by atoms with Crippen LogP contribution in [0, 0.1) is 5.82 Å². The highest BCUT2D eigenvalue weighted by Gasteiger charge is 2.55. The molecule has 0 aliphatic carbocycles. The van der Waals surface area contributed by atoms with Crippen LogP contribution in [0.15, 0.2) is 42.5 Å². The van der Waals surface area contributed by atoms with E-state index in [1.54, 1.807) is 32.2 Å². The molecule has 0 radical (unpaired) electrons. The zero-order chi connectivity index (χ0) is 23.4. The van der Waals surface area contributed by atoms with Gasteiger partial charge < -0.3 is 14.8 Å². The average Bonchev–Trinajstić information content (AvgIpc) is 3.17. The summed E-state index contributed by atoms with van der Waals surface area (Å²) in [4.78, 5) is 5.53. The van der Waals surface area contributed by atoms with Crippen molar-refractivity contribution >= 4 is 20.9 Å². The molecule has 1 aromatic heterocycles. The van der Waals surface area contributed by atoms with Gasteiger partial charge in [-0.15, -0.1) is 0 Å². The molecule has 7 nitrogen and oxygen atoms in total. The fraction of sp³-hybridized carbons (Fsp3) is 0.417. The van der Waals surface area contributed by atoms with Gasteiger partial charge >= 0.3 is 0 Å².